The second-order valence-corrected chi connectivity index (χ2v) is 6.05. The summed E-state index contributed by atoms with van der Waals surface area (Å²) in [5, 5.41) is 14.7. The maximum atomic E-state index is 12.6. The molecule has 2 aromatic heterocycles. The smallest absolute Gasteiger partial charge is 0.334 e. The van der Waals surface area contributed by atoms with Gasteiger partial charge in [-0.25, -0.2) is 0 Å². The van der Waals surface area contributed by atoms with Gasteiger partial charge in [0.15, 0.2) is 5.82 Å². The number of likely N-dealkylation sites (tertiary alicyclic amines) is 1. The summed E-state index contributed by atoms with van der Waals surface area (Å²) in [5.74, 6) is 0.955. The van der Waals surface area contributed by atoms with Crippen LogP contribution in [-0.4, -0.2) is 43.9 Å². The van der Waals surface area contributed by atoms with Crippen molar-refractivity contribution in [1.82, 2.24) is 20.0 Å². The van der Waals surface area contributed by atoms with E-state index in [0.717, 1.165) is 18.9 Å². The van der Waals surface area contributed by atoms with Crippen molar-refractivity contribution in [3.63, 3.8) is 0 Å². The van der Waals surface area contributed by atoms with Gasteiger partial charge in [-0.15, -0.1) is 0 Å². The fraction of sp³-hybridized carbons (Fsp3) is 0.467. The largest absolute Gasteiger partial charge is 0.340 e. The fourth-order valence-electron chi connectivity index (χ4n) is 3.01. The van der Waals surface area contributed by atoms with Gasteiger partial charge < -0.3 is 14.4 Å². The number of aromatic amines is 1. The number of rotatable bonds is 4. The van der Waals surface area contributed by atoms with Gasteiger partial charge in [0, 0.05) is 38.7 Å². The van der Waals surface area contributed by atoms with Crippen LogP contribution in [0, 0.1) is 23.0 Å². The van der Waals surface area contributed by atoms with Crippen LogP contribution in [0.1, 0.15) is 34.9 Å². The Morgan fingerprint density at radius 2 is 2.36 bits per heavy atom. The van der Waals surface area contributed by atoms with Crippen LogP contribution in [0.25, 0.3) is 0 Å². The molecule has 0 aliphatic carbocycles. The molecular formula is C15H17N5O5. The van der Waals surface area contributed by atoms with Crippen molar-refractivity contribution in [2.24, 2.45) is 5.92 Å². The minimum Gasteiger partial charge on any atom is -0.340 e. The van der Waals surface area contributed by atoms with E-state index in [1.807, 2.05) is 0 Å². The number of nitrogens with one attached hydrogen (secondary N) is 1. The van der Waals surface area contributed by atoms with Crippen molar-refractivity contribution >= 4 is 11.6 Å². The van der Waals surface area contributed by atoms with Crippen molar-refractivity contribution in [2.45, 2.75) is 26.2 Å². The molecule has 0 aromatic carbocycles. The molecule has 1 aliphatic heterocycles. The maximum Gasteiger partial charge on any atom is 0.334 e. The van der Waals surface area contributed by atoms with Gasteiger partial charge in [-0.1, -0.05) is 5.16 Å². The summed E-state index contributed by atoms with van der Waals surface area (Å²) >= 11 is 0. The van der Waals surface area contributed by atoms with Crippen molar-refractivity contribution in [3.8, 4) is 0 Å². The number of H-pyrrole nitrogens is 1. The number of carbonyl (C=O) groups is 1. The lowest BCUT2D eigenvalue weighted by Gasteiger charge is -2.32. The topological polar surface area (TPSA) is 135 Å². The first-order valence-electron chi connectivity index (χ1n) is 7.89. The number of nitrogens with zero attached hydrogens (tertiary/aromatic N) is 4. The third kappa shape index (κ3) is 3.73. The van der Waals surface area contributed by atoms with Crippen LogP contribution >= 0.6 is 0 Å². The maximum absolute atomic E-state index is 12.6. The number of hydrogen-bond acceptors (Lipinski definition) is 7. The number of hydrogen-bond donors (Lipinski definition) is 1. The van der Waals surface area contributed by atoms with E-state index in [9.17, 15) is 19.7 Å². The Balaban J connectivity index is 1.72. The highest BCUT2D eigenvalue weighted by molar-refractivity contribution is 5.94. The second-order valence-electron chi connectivity index (χ2n) is 6.05. The highest BCUT2D eigenvalue weighted by Gasteiger charge is 2.27. The van der Waals surface area contributed by atoms with Crippen molar-refractivity contribution < 1.29 is 14.2 Å². The first kappa shape index (κ1) is 16.8. The van der Waals surface area contributed by atoms with E-state index in [4.69, 9.17) is 4.52 Å². The van der Waals surface area contributed by atoms with Crippen LogP contribution in [0.15, 0.2) is 21.6 Å². The molecule has 0 spiro atoms. The molecule has 0 bridgehead atoms. The molecule has 2 aromatic rings. The fourth-order valence-corrected chi connectivity index (χ4v) is 3.01. The monoisotopic (exact) mass is 347 g/mol. The third-order valence-electron chi connectivity index (χ3n) is 4.17. The van der Waals surface area contributed by atoms with Crippen molar-refractivity contribution in [2.75, 3.05) is 13.1 Å². The van der Waals surface area contributed by atoms with Gasteiger partial charge in [0.25, 0.3) is 5.91 Å². The summed E-state index contributed by atoms with van der Waals surface area (Å²) in [6.07, 6.45) is 3.57. The lowest BCUT2D eigenvalue weighted by Crippen LogP contribution is -2.40. The van der Waals surface area contributed by atoms with Crippen LogP contribution in [0.4, 0.5) is 5.69 Å². The average molecular weight is 347 g/mol. The van der Waals surface area contributed by atoms with Gasteiger partial charge in [0.2, 0.25) is 5.89 Å². The second kappa shape index (κ2) is 6.83. The summed E-state index contributed by atoms with van der Waals surface area (Å²) < 4.78 is 4.96. The van der Waals surface area contributed by atoms with Crippen molar-refractivity contribution in [3.05, 3.63) is 50.0 Å². The van der Waals surface area contributed by atoms with Gasteiger partial charge in [-0.2, -0.15) is 4.98 Å². The van der Waals surface area contributed by atoms with Gasteiger partial charge in [0.1, 0.15) is 0 Å². The standard InChI is InChI=1S/C15H17N5O5/c1-9-17-13(18-25-9)5-10-3-2-4-19(8-10)15(22)11-6-12(20(23)24)14(21)16-7-11/h6-7,10H,2-5,8H2,1H3,(H,16,21)/t10-/m1/s1. The molecule has 3 heterocycles. The zero-order valence-corrected chi connectivity index (χ0v) is 13.6. The molecule has 132 valence electrons. The lowest BCUT2D eigenvalue weighted by molar-refractivity contribution is -0.386. The van der Waals surface area contributed by atoms with E-state index >= 15 is 0 Å². The first-order valence-corrected chi connectivity index (χ1v) is 7.89. The molecular weight excluding hydrogens is 330 g/mol. The number of carbonyl (C=O) groups excluding carboxylic acids is 1. The molecule has 1 fully saturated rings. The van der Waals surface area contributed by atoms with Crippen LogP contribution in [0.2, 0.25) is 0 Å². The SMILES string of the molecule is Cc1nc(C[C@H]2CCCN(C(=O)c3c[nH]c(=O)c([N+](=O)[O-])c3)C2)no1. The van der Waals surface area contributed by atoms with E-state index in [1.54, 1.807) is 11.8 Å². The highest BCUT2D eigenvalue weighted by atomic mass is 16.6. The molecule has 1 aliphatic rings. The summed E-state index contributed by atoms with van der Waals surface area (Å²) in [4.78, 5) is 42.2. The predicted octanol–water partition coefficient (Wildman–Crippen LogP) is 1.07. The van der Waals surface area contributed by atoms with Crippen molar-refractivity contribution in [1.29, 1.82) is 0 Å². The molecule has 3 rings (SSSR count). The van der Waals surface area contributed by atoms with Gasteiger partial charge in [-0.05, 0) is 18.8 Å². The number of pyridine rings is 1. The van der Waals surface area contributed by atoms with Crippen LogP contribution < -0.4 is 5.56 Å². The molecule has 10 nitrogen and oxygen atoms in total. The molecule has 25 heavy (non-hydrogen) atoms. The Hall–Kier alpha value is -3.04. The van der Waals surface area contributed by atoms with E-state index in [2.05, 4.69) is 15.1 Å². The summed E-state index contributed by atoms with van der Waals surface area (Å²) in [7, 11) is 0. The Kier molecular flexibility index (Phi) is 4.59. The Morgan fingerprint density at radius 3 is 3.04 bits per heavy atom. The summed E-state index contributed by atoms with van der Waals surface area (Å²) in [5.41, 5.74) is -1.37. The number of aryl methyl sites for hydroxylation is 1. The molecule has 0 radical (unpaired) electrons. The number of aromatic nitrogens is 3. The Labute approximate surface area is 142 Å². The number of nitro groups is 1. The molecule has 0 unspecified atom stereocenters. The first-order chi connectivity index (χ1) is 11.9. The highest BCUT2D eigenvalue weighted by Crippen LogP contribution is 2.21. The third-order valence-corrected chi connectivity index (χ3v) is 4.17. The van der Waals surface area contributed by atoms with E-state index < -0.39 is 16.2 Å². The van der Waals surface area contributed by atoms with Gasteiger partial charge in [-0.3, -0.25) is 19.7 Å². The van der Waals surface area contributed by atoms with Crippen LogP contribution in [-0.2, 0) is 6.42 Å². The molecule has 1 saturated heterocycles. The van der Waals surface area contributed by atoms with E-state index in [0.29, 0.717) is 31.2 Å². The van der Waals surface area contributed by atoms with E-state index in [1.165, 1.54) is 6.20 Å². The zero-order valence-electron chi connectivity index (χ0n) is 13.6. The van der Waals surface area contributed by atoms with Crippen LogP contribution in [0.5, 0.6) is 0 Å². The Morgan fingerprint density at radius 1 is 1.56 bits per heavy atom. The molecule has 0 saturated carbocycles. The molecule has 1 N–H and O–H groups in total. The molecule has 1 atom stereocenters. The number of amides is 1. The van der Waals surface area contributed by atoms with E-state index in [-0.39, 0.29) is 17.4 Å². The van der Waals surface area contributed by atoms with Gasteiger partial charge in [0.05, 0.1) is 10.5 Å². The predicted molar refractivity (Wildman–Crippen MR) is 85.1 cm³/mol. The van der Waals surface area contributed by atoms with Crippen LogP contribution in [0.3, 0.4) is 0 Å². The minimum atomic E-state index is -0.828. The molecule has 10 heteroatoms. The number of piperidine rings is 1. The average Bonchev–Trinajstić information content (AvgIpc) is 2.99. The Bertz CT molecular complexity index is 858. The summed E-state index contributed by atoms with van der Waals surface area (Å²) in [6, 6.07) is 1.02. The zero-order chi connectivity index (χ0) is 18.0. The van der Waals surface area contributed by atoms with Gasteiger partial charge >= 0.3 is 11.2 Å². The normalized spacial score (nSPS) is 17.5. The molecule has 1 amide bonds. The lowest BCUT2D eigenvalue weighted by atomic mass is 9.94. The quantitative estimate of drug-likeness (QED) is 0.645. The summed E-state index contributed by atoms with van der Waals surface area (Å²) in [6.45, 7) is 2.78. The minimum absolute atomic E-state index is 0.0994.